The average Bonchev–Trinajstić information content (AvgIpc) is 2.48. The van der Waals surface area contributed by atoms with E-state index in [1.54, 1.807) is 10.6 Å². The molecule has 5 heteroatoms. The molecule has 0 saturated carbocycles. The van der Waals surface area contributed by atoms with Crippen LogP contribution in [0.25, 0.3) is 16.6 Å². The van der Waals surface area contributed by atoms with Gasteiger partial charge in [0.1, 0.15) is 5.82 Å². The highest BCUT2D eigenvalue weighted by Gasteiger charge is 2.15. The van der Waals surface area contributed by atoms with Gasteiger partial charge in [-0.1, -0.05) is 12.1 Å². The molecule has 3 nitrogen and oxygen atoms in total. The molecule has 1 aromatic heterocycles. The summed E-state index contributed by atoms with van der Waals surface area (Å²) in [6.07, 6.45) is 0. The first kappa shape index (κ1) is 14.5. The molecule has 0 saturated heterocycles. The second-order valence-electron chi connectivity index (χ2n) is 4.72. The van der Waals surface area contributed by atoms with Crippen LogP contribution >= 0.6 is 34.2 Å². The second kappa shape index (κ2) is 5.77. The summed E-state index contributed by atoms with van der Waals surface area (Å²) in [5, 5.41) is 0.235. The summed E-state index contributed by atoms with van der Waals surface area (Å²) in [5.74, 6) is 0.557. The van der Waals surface area contributed by atoms with Crippen molar-refractivity contribution in [2.75, 3.05) is 0 Å². The van der Waals surface area contributed by atoms with Gasteiger partial charge in [0.05, 0.1) is 22.0 Å². The molecule has 0 aliphatic heterocycles. The lowest BCUT2D eigenvalue weighted by molar-refractivity contribution is 0.815. The number of fused-ring (bicyclic) bond motifs is 1. The van der Waals surface area contributed by atoms with E-state index >= 15 is 0 Å². The van der Waals surface area contributed by atoms with Crippen LogP contribution in [0.5, 0.6) is 0 Å². The normalized spacial score (nSPS) is 12.5. The number of benzene rings is 2. The maximum Gasteiger partial charge on any atom is 0.266 e. The van der Waals surface area contributed by atoms with Crippen molar-refractivity contribution in [1.82, 2.24) is 9.55 Å². The Morgan fingerprint density at radius 1 is 1.14 bits per heavy atom. The molecule has 1 heterocycles. The van der Waals surface area contributed by atoms with Gasteiger partial charge >= 0.3 is 0 Å². The fourth-order valence-corrected chi connectivity index (χ4v) is 2.76. The first-order chi connectivity index (χ1) is 10.1. The highest BCUT2D eigenvalue weighted by atomic mass is 127. The molecule has 0 bridgehead atoms. The highest BCUT2D eigenvalue weighted by molar-refractivity contribution is 14.1. The molecule has 0 amide bonds. The van der Waals surface area contributed by atoms with Crippen LogP contribution in [-0.2, 0) is 0 Å². The zero-order chi connectivity index (χ0) is 15.0. The number of aromatic nitrogens is 2. The Balaban J connectivity index is 2.39. The lowest BCUT2D eigenvalue weighted by Crippen LogP contribution is -2.24. The van der Waals surface area contributed by atoms with Crippen LogP contribution in [0.3, 0.4) is 0 Å². The van der Waals surface area contributed by atoms with E-state index in [-0.39, 0.29) is 10.9 Å². The Labute approximate surface area is 140 Å². The Hall–Kier alpha value is -1.40. The summed E-state index contributed by atoms with van der Waals surface area (Å²) in [6.45, 7) is 1.82. The van der Waals surface area contributed by atoms with Crippen molar-refractivity contribution < 1.29 is 0 Å². The van der Waals surface area contributed by atoms with Gasteiger partial charge in [0.15, 0.2) is 0 Å². The molecule has 1 unspecified atom stereocenters. The van der Waals surface area contributed by atoms with Gasteiger partial charge in [-0.25, -0.2) is 4.98 Å². The van der Waals surface area contributed by atoms with Crippen molar-refractivity contribution >= 4 is 45.1 Å². The number of hydrogen-bond acceptors (Lipinski definition) is 2. The van der Waals surface area contributed by atoms with Crippen molar-refractivity contribution in [3.8, 4) is 5.69 Å². The highest BCUT2D eigenvalue weighted by Crippen LogP contribution is 2.22. The molecule has 0 fully saturated rings. The van der Waals surface area contributed by atoms with E-state index in [1.807, 2.05) is 49.4 Å². The van der Waals surface area contributed by atoms with Crippen LogP contribution in [0.4, 0.5) is 0 Å². The van der Waals surface area contributed by atoms with Gasteiger partial charge < -0.3 is 0 Å². The van der Waals surface area contributed by atoms with Crippen molar-refractivity contribution in [3.05, 3.63) is 68.3 Å². The van der Waals surface area contributed by atoms with Crippen LogP contribution in [0.2, 0.25) is 0 Å². The first-order valence-electron chi connectivity index (χ1n) is 6.49. The van der Waals surface area contributed by atoms with Gasteiger partial charge in [0.2, 0.25) is 0 Å². The molecule has 106 valence electrons. The van der Waals surface area contributed by atoms with Crippen molar-refractivity contribution in [2.45, 2.75) is 12.3 Å². The van der Waals surface area contributed by atoms with Crippen LogP contribution in [0.1, 0.15) is 18.1 Å². The predicted molar refractivity (Wildman–Crippen MR) is 94.3 cm³/mol. The van der Waals surface area contributed by atoms with Gasteiger partial charge in [-0.3, -0.25) is 9.36 Å². The fraction of sp³-hybridized carbons (Fsp3) is 0.125. The molecule has 0 aliphatic rings. The van der Waals surface area contributed by atoms with E-state index in [0.29, 0.717) is 16.7 Å². The van der Waals surface area contributed by atoms with Gasteiger partial charge in [0.25, 0.3) is 5.56 Å². The monoisotopic (exact) mass is 410 g/mol. The summed E-state index contributed by atoms with van der Waals surface area (Å²) in [5.41, 5.74) is 1.36. The largest absolute Gasteiger partial charge is 0.268 e. The third-order valence-corrected chi connectivity index (χ3v) is 4.16. The maximum absolute atomic E-state index is 12.8. The standard InChI is InChI=1S/C16H12ClIN2O/c1-10(17)15-19-14-5-3-2-4-13(14)16(21)20(15)12-8-6-11(18)7-9-12/h2-10H,1H3. The molecular formula is C16H12ClIN2O. The zero-order valence-electron chi connectivity index (χ0n) is 11.3. The van der Waals surface area contributed by atoms with Crippen LogP contribution in [-0.4, -0.2) is 9.55 Å². The minimum atomic E-state index is -0.360. The van der Waals surface area contributed by atoms with E-state index in [4.69, 9.17) is 11.6 Å². The van der Waals surface area contributed by atoms with Crippen molar-refractivity contribution in [2.24, 2.45) is 0 Å². The summed E-state index contributed by atoms with van der Waals surface area (Å²) in [6, 6.07) is 15.1. The predicted octanol–water partition coefficient (Wildman–Crippen LogP) is 4.29. The molecule has 21 heavy (non-hydrogen) atoms. The van der Waals surface area contributed by atoms with Crippen molar-refractivity contribution in [1.29, 1.82) is 0 Å². The number of para-hydroxylation sites is 1. The zero-order valence-corrected chi connectivity index (χ0v) is 14.2. The Morgan fingerprint density at radius 2 is 1.81 bits per heavy atom. The van der Waals surface area contributed by atoms with E-state index in [2.05, 4.69) is 27.6 Å². The van der Waals surface area contributed by atoms with Crippen LogP contribution < -0.4 is 5.56 Å². The molecule has 0 aliphatic carbocycles. The molecule has 0 N–H and O–H groups in total. The maximum atomic E-state index is 12.8. The van der Waals surface area contributed by atoms with Crippen LogP contribution in [0.15, 0.2) is 53.3 Å². The minimum Gasteiger partial charge on any atom is -0.268 e. The Kier molecular flexibility index (Phi) is 3.99. The minimum absolute atomic E-state index is 0.0932. The summed E-state index contributed by atoms with van der Waals surface area (Å²) in [7, 11) is 0. The number of nitrogens with zero attached hydrogens (tertiary/aromatic N) is 2. The van der Waals surface area contributed by atoms with E-state index in [0.717, 1.165) is 9.26 Å². The molecule has 0 spiro atoms. The molecule has 3 rings (SSSR count). The van der Waals surface area contributed by atoms with E-state index in [9.17, 15) is 4.79 Å². The molecule has 2 aromatic carbocycles. The average molecular weight is 411 g/mol. The molecule has 3 aromatic rings. The van der Waals surface area contributed by atoms with E-state index < -0.39 is 0 Å². The summed E-state index contributed by atoms with van der Waals surface area (Å²) < 4.78 is 2.70. The summed E-state index contributed by atoms with van der Waals surface area (Å²) >= 11 is 8.47. The SMILES string of the molecule is CC(Cl)c1nc2ccccc2c(=O)n1-c1ccc(I)cc1. The van der Waals surface area contributed by atoms with Gasteiger partial charge in [-0.05, 0) is 65.9 Å². The lowest BCUT2D eigenvalue weighted by atomic mass is 10.2. The number of alkyl halides is 1. The number of rotatable bonds is 2. The third-order valence-electron chi connectivity index (χ3n) is 3.24. The van der Waals surface area contributed by atoms with Gasteiger partial charge in [0, 0.05) is 3.57 Å². The summed E-state index contributed by atoms with van der Waals surface area (Å²) in [4.78, 5) is 17.4. The smallest absolute Gasteiger partial charge is 0.266 e. The lowest BCUT2D eigenvalue weighted by Gasteiger charge is -2.15. The van der Waals surface area contributed by atoms with Gasteiger partial charge in [-0.2, -0.15) is 0 Å². The second-order valence-corrected chi connectivity index (χ2v) is 6.62. The Bertz CT molecular complexity index is 856. The van der Waals surface area contributed by atoms with E-state index in [1.165, 1.54) is 0 Å². The molecule has 0 radical (unpaired) electrons. The quantitative estimate of drug-likeness (QED) is 0.467. The molecular weight excluding hydrogens is 399 g/mol. The topological polar surface area (TPSA) is 34.9 Å². The first-order valence-corrected chi connectivity index (χ1v) is 8.01. The molecule has 1 atom stereocenters. The Morgan fingerprint density at radius 3 is 2.48 bits per heavy atom. The number of hydrogen-bond donors (Lipinski definition) is 0. The third kappa shape index (κ3) is 2.70. The van der Waals surface area contributed by atoms with Crippen LogP contribution in [0, 0.1) is 3.57 Å². The van der Waals surface area contributed by atoms with Crippen molar-refractivity contribution in [3.63, 3.8) is 0 Å². The fourth-order valence-electron chi connectivity index (χ4n) is 2.26. The number of halogens is 2. The van der Waals surface area contributed by atoms with Gasteiger partial charge in [-0.15, -0.1) is 11.6 Å².